The maximum atomic E-state index is 12.5. The van der Waals surface area contributed by atoms with Crippen molar-refractivity contribution in [3.05, 3.63) is 59.7 Å². The Morgan fingerprint density at radius 3 is 1.24 bits per heavy atom. The van der Waals surface area contributed by atoms with Crippen LogP contribution in [-0.4, -0.2) is 8.42 Å². The van der Waals surface area contributed by atoms with Crippen LogP contribution < -0.4 is 11.5 Å². The molecule has 5 heteroatoms. The molecule has 2 aromatic carbocycles. The number of sulfone groups is 1. The van der Waals surface area contributed by atoms with Gasteiger partial charge in [-0.1, -0.05) is 24.3 Å². The number of nitrogens with two attached hydrogens (primary N) is 2. The van der Waals surface area contributed by atoms with Crippen molar-refractivity contribution in [3.63, 3.8) is 0 Å². The molecule has 0 aliphatic heterocycles. The lowest BCUT2D eigenvalue weighted by molar-refractivity contribution is 0.596. The predicted octanol–water partition coefficient (Wildman–Crippen LogP) is 2.56. The summed E-state index contributed by atoms with van der Waals surface area (Å²) in [5, 5.41) is 0. The van der Waals surface area contributed by atoms with E-state index in [-0.39, 0.29) is 21.9 Å². The third-order valence-corrected chi connectivity index (χ3v) is 5.22. The van der Waals surface area contributed by atoms with Crippen molar-refractivity contribution >= 4 is 9.84 Å². The molecule has 21 heavy (non-hydrogen) atoms. The van der Waals surface area contributed by atoms with Crippen LogP contribution in [0.2, 0.25) is 0 Å². The molecule has 0 amide bonds. The summed E-state index contributed by atoms with van der Waals surface area (Å²) in [5.74, 6) is 0. The molecule has 0 heterocycles. The first-order valence-electron chi connectivity index (χ1n) is 6.78. The molecule has 4 N–H and O–H groups in total. The Morgan fingerprint density at radius 2 is 1.00 bits per heavy atom. The molecule has 0 bridgehead atoms. The molecule has 0 saturated heterocycles. The minimum absolute atomic E-state index is 0.118. The summed E-state index contributed by atoms with van der Waals surface area (Å²) in [4.78, 5) is 0.529. The van der Waals surface area contributed by atoms with Gasteiger partial charge in [-0.05, 0) is 49.2 Å². The molecular formula is C16H20N2O2S. The van der Waals surface area contributed by atoms with Gasteiger partial charge in [0.1, 0.15) is 0 Å². The van der Waals surface area contributed by atoms with Crippen molar-refractivity contribution in [2.75, 3.05) is 0 Å². The van der Waals surface area contributed by atoms with Gasteiger partial charge in [0.25, 0.3) is 0 Å². The van der Waals surface area contributed by atoms with Gasteiger partial charge >= 0.3 is 0 Å². The normalized spacial score (nSPS) is 14.7. The molecule has 2 rings (SSSR count). The molecule has 0 aromatic heterocycles. The van der Waals surface area contributed by atoms with E-state index in [1.165, 1.54) is 0 Å². The quantitative estimate of drug-likeness (QED) is 0.909. The Labute approximate surface area is 125 Å². The molecule has 2 atom stereocenters. The average Bonchev–Trinajstić information content (AvgIpc) is 2.47. The second-order valence-electron chi connectivity index (χ2n) is 5.22. The fourth-order valence-corrected chi connectivity index (χ4v) is 3.30. The second kappa shape index (κ2) is 5.97. The van der Waals surface area contributed by atoms with E-state index in [4.69, 9.17) is 11.5 Å². The number of hydrogen-bond acceptors (Lipinski definition) is 4. The molecule has 0 unspecified atom stereocenters. The summed E-state index contributed by atoms with van der Waals surface area (Å²) in [6.07, 6.45) is 0. The van der Waals surface area contributed by atoms with Gasteiger partial charge in [0.2, 0.25) is 9.84 Å². The van der Waals surface area contributed by atoms with Gasteiger partial charge in [0, 0.05) is 12.1 Å². The Morgan fingerprint density at radius 1 is 0.714 bits per heavy atom. The maximum Gasteiger partial charge on any atom is 0.206 e. The Kier molecular flexibility index (Phi) is 4.46. The largest absolute Gasteiger partial charge is 0.324 e. The molecule has 0 fully saturated rings. The van der Waals surface area contributed by atoms with E-state index in [2.05, 4.69) is 0 Å². The van der Waals surface area contributed by atoms with E-state index in [0.717, 1.165) is 11.1 Å². The third-order valence-electron chi connectivity index (χ3n) is 3.43. The molecule has 0 aliphatic carbocycles. The lowest BCUT2D eigenvalue weighted by Crippen LogP contribution is -2.07. The van der Waals surface area contributed by atoms with Crippen molar-refractivity contribution in [2.45, 2.75) is 35.7 Å². The molecule has 0 aliphatic rings. The van der Waals surface area contributed by atoms with Crippen LogP contribution in [0.15, 0.2) is 58.3 Å². The molecule has 0 spiro atoms. The summed E-state index contributed by atoms with van der Waals surface area (Å²) >= 11 is 0. The molecule has 112 valence electrons. The van der Waals surface area contributed by atoms with Gasteiger partial charge in [-0.15, -0.1) is 0 Å². The van der Waals surface area contributed by atoms with Crippen molar-refractivity contribution < 1.29 is 8.42 Å². The average molecular weight is 304 g/mol. The predicted molar refractivity (Wildman–Crippen MR) is 83.5 cm³/mol. The number of rotatable bonds is 4. The molecule has 2 aromatic rings. The van der Waals surface area contributed by atoms with Gasteiger partial charge in [-0.3, -0.25) is 0 Å². The maximum absolute atomic E-state index is 12.5. The Bertz CT molecular complexity index is 645. The number of hydrogen-bond donors (Lipinski definition) is 2. The van der Waals surface area contributed by atoms with E-state index in [0.29, 0.717) is 0 Å². The smallest absolute Gasteiger partial charge is 0.206 e. The lowest BCUT2D eigenvalue weighted by atomic mass is 10.1. The zero-order valence-corrected chi connectivity index (χ0v) is 13.0. The van der Waals surface area contributed by atoms with E-state index in [9.17, 15) is 8.42 Å². The van der Waals surface area contributed by atoms with E-state index in [1.54, 1.807) is 48.5 Å². The highest BCUT2D eigenvalue weighted by Gasteiger charge is 2.17. The van der Waals surface area contributed by atoms with Crippen LogP contribution in [0, 0.1) is 0 Å². The summed E-state index contributed by atoms with van der Waals surface area (Å²) in [6, 6.07) is 13.1. The fraction of sp³-hybridized carbons (Fsp3) is 0.250. The van der Waals surface area contributed by atoms with Crippen molar-refractivity contribution in [2.24, 2.45) is 11.5 Å². The number of benzene rings is 2. The SMILES string of the molecule is C[C@H](N)c1ccc(S(=O)(=O)c2ccc([C@@H](C)N)cc2)cc1. The zero-order chi connectivity index (χ0) is 15.6. The third kappa shape index (κ3) is 3.32. The molecular weight excluding hydrogens is 284 g/mol. The summed E-state index contributed by atoms with van der Waals surface area (Å²) in [7, 11) is -3.51. The minimum atomic E-state index is -3.51. The first-order valence-corrected chi connectivity index (χ1v) is 8.27. The van der Waals surface area contributed by atoms with Crippen LogP contribution in [0.25, 0.3) is 0 Å². The minimum Gasteiger partial charge on any atom is -0.324 e. The summed E-state index contributed by atoms with van der Waals surface area (Å²) in [5.41, 5.74) is 13.3. The lowest BCUT2D eigenvalue weighted by Gasteiger charge is -2.10. The monoisotopic (exact) mass is 304 g/mol. The van der Waals surface area contributed by atoms with Crippen molar-refractivity contribution in [1.29, 1.82) is 0 Å². The zero-order valence-electron chi connectivity index (χ0n) is 12.2. The molecule has 0 saturated carbocycles. The standard InChI is InChI=1S/C16H20N2O2S/c1-11(17)13-3-7-15(8-4-13)21(19,20)16-9-5-14(6-10-16)12(2)18/h3-12H,17-18H2,1-2H3/t11-,12+. The Hall–Kier alpha value is -1.69. The van der Waals surface area contributed by atoms with Gasteiger partial charge in [-0.2, -0.15) is 0 Å². The van der Waals surface area contributed by atoms with Crippen LogP contribution in [0.3, 0.4) is 0 Å². The summed E-state index contributed by atoms with van der Waals surface area (Å²) < 4.78 is 25.1. The van der Waals surface area contributed by atoms with Crippen LogP contribution in [0.4, 0.5) is 0 Å². The van der Waals surface area contributed by atoms with Crippen LogP contribution >= 0.6 is 0 Å². The highest BCUT2D eigenvalue weighted by molar-refractivity contribution is 7.91. The summed E-state index contributed by atoms with van der Waals surface area (Å²) in [6.45, 7) is 3.71. The highest BCUT2D eigenvalue weighted by atomic mass is 32.2. The molecule has 0 radical (unpaired) electrons. The highest BCUT2D eigenvalue weighted by Crippen LogP contribution is 2.23. The van der Waals surface area contributed by atoms with E-state index < -0.39 is 9.84 Å². The van der Waals surface area contributed by atoms with Crippen LogP contribution in [-0.2, 0) is 9.84 Å². The second-order valence-corrected chi connectivity index (χ2v) is 7.17. The van der Waals surface area contributed by atoms with Gasteiger partial charge in [0.05, 0.1) is 9.79 Å². The fourth-order valence-electron chi connectivity index (χ4n) is 2.04. The first kappa shape index (κ1) is 15.7. The van der Waals surface area contributed by atoms with Gasteiger partial charge < -0.3 is 11.5 Å². The first-order chi connectivity index (χ1) is 9.82. The van der Waals surface area contributed by atoms with Gasteiger partial charge in [-0.25, -0.2) is 8.42 Å². The van der Waals surface area contributed by atoms with Crippen LogP contribution in [0.1, 0.15) is 37.1 Å². The van der Waals surface area contributed by atoms with E-state index in [1.807, 2.05) is 13.8 Å². The topological polar surface area (TPSA) is 86.2 Å². The van der Waals surface area contributed by atoms with Gasteiger partial charge in [0.15, 0.2) is 0 Å². The Balaban J connectivity index is 2.37. The van der Waals surface area contributed by atoms with Crippen molar-refractivity contribution in [3.8, 4) is 0 Å². The van der Waals surface area contributed by atoms with Crippen LogP contribution in [0.5, 0.6) is 0 Å². The molecule has 4 nitrogen and oxygen atoms in total. The van der Waals surface area contributed by atoms with E-state index >= 15 is 0 Å². The van der Waals surface area contributed by atoms with Crippen molar-refractivity contribution in [1.82, 2.24) is 0 Å².